The number of hydrogen-bond donors (Lipinski definition) is 1. The van der Waals surface area contributed by atoms with Crippen molar-refractivity contribution in [3.05, 3.63) is 69.3 Å². The van der Waals surface area contributed by atoms with E-state index in [0.29, 0.717) is 24.3 Å². The zero-order valence-corrected chi connectivity index (χ0v) is 17.3. The fourth-order valence-corrected chi connectivity index (χ4v) is 3.78. The maximum Gasteiger partial charge on any atom is 0.270 e. The molecule has 3 rings (SSSR count). The van der Waals surface area contributed by atoms with Crippen LogP contribution >= 0.6 is 0 Å². The van der Waals surface area contributed by atoms with Gasteiger partial charge in [-0.25, -0.2) is 0 Å². The van der Waals surface area contributed by atoms with E-state index in [1.165, 1.54) is 17.0 Å². The number of non-ortho nitro benzene ring substituents is 1. The van der Waals surface area contributed by atoms with Crippen molar-refractivity contribution in [3.8, 4) is 5.75 Å². The Morgan fingerprint density at radius 2 is 1.97 bits per heavy atom. The summed E-state index contributed by atoms with van der Waals surface area (Å²) in [6.07, 6.45) is 0.594. The molecule has 2 N–H and O–H groups in total. The first-order valence-electron chi connectivity index (χ1n) is 9.70. The highest BCUT2D eigenvalue weighted by atomic mass is 16.6. The van der Waals surface area contributed by atoms with Crippen LogP contribution in [0.15, 0.2) is 42.5 Å². The number of nitrogens with two attached hydrogens (primary N) is 1. The monoisotopic (exact) mass is 411 g/mol. The molecular formula is C22H25N3O5. The highest BCUT2D eigenvalue weighted by molar-refractivity contribution is 5.94. The van der Waals surface area contributed by atoms with Crippen LogP contribution in [-0.4, -0.2) is 34.2 Å². The fraction of sp³-hybridized carbons (Fsp3) is 0.364. The molecule has 2 aromatic carbocycles. The summed E-state index contributed by atoms with van der Waals surface area (Å²) in [6.45, 7) is 5.97. The molecule has 0 aromatic heterocycles. The molecule has 158 valence electrons. The van der Waals surface area contributed by atoms with Crippen LogP contribution in [-0.2, 0) is 21.6 Å². The number of rotatable bonds is 7. The molecule has 1 saturated heterocycles. The minimum absolute atomic E-state index is 0.0337. The third-order valence-electron chi connectivity index (χ3n) is 5.69. The minimum Gasteiger partial charge on any atom is -0.489 e. The lowest BCUT2D eigenvalue weighted by molar-refractivity contribution is -0.385. The number of carbonyl (C=O) groups excluding carboxylic acids is 2. The van der Waals surface area contributed by atoms with Gasteiger partial charge >= 0.3 is 0 Å². The molecule has 8 nitrogen and oxygen atoms in total. The molecule has 0 aliphatic carbocycles. The molecule has 2 amide bonds. The Balaban J connectivity index is 1.71. The second-order valence-corrected chi connectivity index (χ2v) is 7.91. The van der Waals surface area contributed by atoms with Gasteiger partial charge in [0.25, 0.3) is 5.69 Å². The number of amides is 2. The van der Waals surface area contributed by atoms with Crippen LogP contribution < -0.4 is 10.5 Å². The second kappa shape index (κ2) is 8.14. The summed E-state index contributed by atoms with van der Waals surface area (Å²) in [4.78, 5) is 36.5. The van der Waals surface area contributed by atoms with Gasteiger partial charge < -0.3 is 15.4 Å². The predicted molar refractivity (Wildman–Crippen MR) is 111 cm³/mol. The van der Waals surface area contributed by atoms with Gasteiger partial charge in [0.1, 0.15) is 18.4 Å². The second-order valence-electron chi connectivity index (χ2n) is 7.91. The topological polar surface area (TPSA) is 116 Å². The molecule has 0 spiro atoms. The van der Waals surface area contributed by atoms with Gasteiger partial charge in [-0.3, -0.25) is 19.7 Å². The van der Waals surface area contributed by atoms with Gasteiger partial charge in [-0.05, 0) is 56.0 Å². The van der Waals surface area contributed by atoms with Gasteiger partial charge in [0.15, 0.2) is 0 Å². The first-order valence-corrected chi connectivity index (χ1v) is 9.70. The minimum atomic E-state index is -0.723. The SMILES string of the molecule is Cc1cc(COc2ccc(C3(C)CCN(C(C)C(N)=O)C3=O)cc2)cc([N+](=O)[O-])c1. The summed E-state index contributed by atoms with van der Waals surface area (Å²) >= 11 is 0. The number of nitro groups is 1. The molecule has 1 aliphatic heterocycles. The summed E-state index contributed by atoms with van der Waals surface area (Å²) in [5.41, 5.74) is 7.00. The number of aryl methyl sites for hydroxylation is 1. The van der Waals surface area contributed by atoms with E-state index in [9.17, 15) is 19.7 Å². The van der Waals surface area contributed by atoms with E-state index in [0.717, 1.165) is 11.1 Å². The average Bonchev–Trinajstić information content (AvgIpc) is 3.01. The predicted octanol–water partition coefficient (Wildman–Crippen LogP) is 2.85. The standard InChI is InChI=1S/C22H25N3O5/c1-14-10-16(12-18(11-14)25(28)29)13-30-19-6-4-17(5-7-19)22(3)8-9-24(21(22)27)15(2)20(23)26/h4-7,10-12,15H,8-9,13H2,1-3H3,(H2,23,26). The van der Waals surface area contributed by atoms with Crippen molar-refractivity contribution in [1.82, 2.24) is 4.90 Å². The first-order chi connectivity index (χ1) is 14.1. The Hall–Kier alpha value is -3.42. The van der Waals surface area contributed by atoms with Gasteiger partial charge in [0.2, 0.25) is 11.8 Å². The molecule has 0 saturated carbocycles. The third-order valence-corrected chi connectivity index (χ3v) is 5.69. The van der Waals surface area contributed by atoms with Gasteiger partial charge in [0.05, 0.1) is 10.3 Å². The van der Waals surface area contributed by atoms with Crippen molar-refractivity contribution < 1.29 is 19.2 Å². The highest BCUT2D eigenvalue weighted by Crippen LogP contribution is 2.37. The Kier molecular flexibility index (Phi) is 5.78. The van der Waals surface area contributed by atoms with Crippen molar-refractivity contribution in [3.63, 3.8) is 0 Å². The number of primary amides is 1. The van der Waals surface area contributed by atoms with Crippen LogP contribution in [0.5, 0.6) is 5.75 Å². The molecule has 30 heavy (non-hydrogen) atoms. The smallest absolute Gasteiger partial charge is 0.270 e. The average molecular weight is 411 g/mol. The van der Waals surface area contributed by atoms with Gasteiger partial charge in [-0.1, -0.05) is 18.2 Å². The summed E-state index contributed by atoms with van der Waals surface area (Å²) in [6, 6.07) is 11.4. The number of nitro benzene ring substituents is 1. The van der Waals surface area contributed by atoms with Crippen molar-refractivity contribution in [2.45, 2.75) is 45.3 Å². The number of nitrogens with zero attached hydrogens (tertiary/aromatic N) is 2. The van der Waals surface area contributed by atoms with E-state index >= 15 is 0 Å². The van der Waals surface area contributed by atoms with E-state index in [1.54, 1.807) is 26.0 Å². The summed E-state index contributed by atoms with van der Waals surface area (Å²) < 4.78 is 5.77. The van der Waals surface area contributed by atoms with E-state index in [1.807, 2.05) is 25.1 Å². The lowest BCUT2D eigenvalue weighted by Gasteiger charge is -2.26. The van der Waals surface area contributed by atoms with Crippen molar-refractivity contribution >= 4 is 17.5 Å². The molecule has 2 atom stereocenters. The number of carbonyl (C=O) groups is 2. The Labute approximate surface area is 174 Å². The largest absolute Gasteiger partial charge is 0.489 e. The molecule has 1 fully saturated rings. The molecule has 2 aromatic rings. The molecule has 2 unspecified atom stereocenters. The zero-order chi connectivity index (χ0) is 22.1. The summed E-state index contributed by atoms with van der Waals surface area (Å²) in [5, 5.41) is 11.0. The van der Waals surface area contributed by atoms with Gasteiger partial charge in [0, 0.05) is 18.7 Å². The molecule has 0 radical (unpaired) electrons. The summed E-state index contributed by atoms with van der Waals surface area (Å²) in [5.74, 6) is -0.0402. The Morgan fingerprint density at radius 1 is 1.30 bits per heavy atom. The molecule has 1 aliphatic rings. The highest BCUT2D eigenvalue weighted by Gasteiger charge is 2.46. The van der Waals surface area contributed by atoms with Crippen molar-refractivity contribution in [2.75, 3.05) is 6.54 Å². The fourth-order valence-electron chi connectivity index (χ4n) is 3.78. The quantitative estimate of drug-likeness (QED) is 0.555. The van der Waals surface area contributed by atoms with Crippen LogP contribution in [0.1, 0.15) is 37.0 Å². The van der Waals surface area contributed by atoms with Crippen LogP contribution in [0.4, 0.5) is 5.69 Å². The van der Waals surface area contributed by atoms with Gasteiger partial charge in [-0.2, -0.15) is 0 Å². The maximum absolute atomic E-state index is 12.9. The molecule has 1 heterocycles. The first kappa shape index (κ1) is 21.3. The molecule has 0 bridgehead atoms. The third kappa shape index (κ3) is 4.12. The number of benzene rings is 2. The van der Waals surface area contributed by atoms with Crippen LogP contribution in [0, 0.1) is 17.0 Å². The maximum atomic E-state index is 12.9. The van der Waals surface area contributed by atoms with E-state index in [-0.39, 0.29) is 18.2 Å². The Bertz CT molecular complexity index is 989. The van der Waals surface area contributed by atoms with Crippen LogP contribution in [0.3, 0.4) is 0 Å². The molecule has 8 heteroatoms. The van der Waals surface area contributed by atoms with Crippen LogP contribution in [0.2, 0.25) is 0 Å². The zero-order valence-electron chi connectivity index (χ0n) is 17.3. The van der Waals surface area contributed by atoms with Crippen LogP contribution in [0.25, 0.3) is 0 Å². The van der Waals surface area contributed by atoms with E-state index in [2.05, 4.69) is 0 Å². The molecular weight excluding hydrogens is 386 g/mol. The number of hydrogen-bond acceptors (Lipinski definition) is 5. The Morgan fingerprint density at radius 3 is 2.57 bits per heavy atom. The summed E-state index contributed by atoms with van der Waals surface area (Å²) in [7, 11) is 0. The van der Waals surface area contributed by atoms with Crippen molar-refractivity contribution in [1.29, 1.82) is 0 Å². The van der Waals surface area contributed by atoms with E-state index < -0.39 is 22.3 Å². The number of ether oxygens (including phenoxy) is 1. The lowest BCUT2D eigenvalue weighted by Crippen LogP contribution is -2.46. The lowest BCUT2D eigenvalue weighted by atomic mass is 9.81. The normalized spacial score (nSPS) is 19.6. The number of likely N-dealkylation sites (tertiary alicyclic amines) is 1. The van der Waals surface area contributed by atoms with Gasteiger partial charge in [-0.15, -0.1) is 0 Å². The van der Waals surface area contributed by atoms with E-state index in [4.69, 9.17) is 10.5 Å². The van der Waals surface area contributed by atoms with Crippen molar-refractivity contribution in [2.24, 2.45) is 5.73 Å².